The molecular formula is C22H29NO3. The van der Waals surface area contributed by atoms with Crippen molar-refractivity contribution in [2.75, 3.05) is 25.1 Å². The number of rotatable bonds is 8. The summed E-state index contributed by atoms with van der Waals surface area (Å²) < 4.78 is 17.8. The molecule has 1 aliphatic rings. The number of nitrogens with one attached hydrogen (secondary N) is 1. The first-order valence-electron chi connectivity index (χ1n) is 9.43. The second kappa shape index (κ2) is 8.95. The van der Waals surface area contributed by atoms with Crippen LogP contribution in [0, 0.1) is 13.8 Å². The first-order chi connectivity index (χ1) is 12.6. The summed E-state index contributed by atoms with van der Waals surface area (Å²) >= 11 is 0. The van der Waals surface area contributed by atoms with Crippen LogP contribution < -0.4 is 14.8 Å². The highest BCUT2D eigenvalue weighted by Crippen LogP contribution is 2.26. The van der Waals surface area contributed by atoms with E-state index in [2.05, 4.69) is 44.3 Å². The summed E-state index contributed by atoms with van der Waals surface area (Å²) in [6.45, 7) is 8.39. The van der Waals surface area contributed by atoms with E-state index in [0.717, 1.165) is 47.8 Å². The average Bonchev–Trinajstić information content (AvgIpc) is 3.16. The third-order valence-electron chi connectivity index (χ3n) is 4.64. The van der Waals surface area contributed by atoms with E-state index < -0.39 is 0 Å². The van der Waals surface area contributed by atoms with Gasteiger partial charge in [-0.2, -0.15) is 0 Å². The predicted octanol–water partition coefficient (Wildman–Crippen LogP) is 4.74. The van der Waals surface area contributed by atoms with Crippen molar-refractivity contribution in [1.82, 2.24) is 0 Å². The molecule has 0 spiro atoms. The molecule has 1 fully saturated rings. The Bertz CT molecular complexity index is 690. The van der Waals surface area contributed by atoms with Gasteiger partial charge in [-0.05, 0) is 56.9 Å². The Morgan fingerprint density at radius 3 is 2.62 bits per heavy atom. The molecule has 140 valence electrons. The lowest BCUT2D eigenvalue weighted by atomic mass is 10.1. The topological polar surface area (TPSA) is 39.7 Å². The van der Waals surface area contributed by atoms with Gasteiger partial charge >= 0.3 is 0 Å². The molecule has 2 aromatic rings. The minimum Gasteiger partial charge on any atom is -0.489 e. The van der Waals surface area contributed by atoms with Crippen LogP contribution in [0.4, 0.5) is 5.69 Å². The number of hydrogen-bond donors (Lipinski definition) is 1. The SMILES string of the molecule is Cc1cccc(C)c1OC(C)CNc1ccccc1OCC1CCCO1. The lowest BCUT2D eigenvalue weighted by molar-refractivity contribution is 0.0682. The summed E-state index contributed by atoms with van der Waals surface area (Å²) in [5, 5.41) is 3.46. The molecule has 1 saturated heterocycles. The molecule has 1 N–H and O–H groups in total. The van der Waals surface area contributed by atoms with Gasteiger partial charge in [0.15, 0.2) is 0 Å². The fourth-order valence-corrected chi connectivity index (χ4v) is 3.18. The third kappa shape index (κ3) is 4.92. The molecule has 0 saturated carbocycles. The fraction of sp³-hybridized carbons (Fsp3) is 0.455. The highest BCUT2D eigenvalue weighted by atomic mass is 16.5. The summed E-state index contributed by atoms with van der Waals surface area (Å²) in [5.74, 6) is 1.84. The van der Waals surface area contributed by atoms with Crippen molar-refractivity contribution in [3.8, 4) is 11.5 Å². The van der Waals surface area contributed by atoms with E-state index in [9.17, 15) is 0 Å². The zero-order valence-corrected chi connectivity index (χ0v) is 16.0. The summed E-state index contributed by atoms with van der Waals surface area (Å²) in [6, 6.07) is 14.3. The number of anilines is 1. The first kappa shape index (κ1) is 18.6. The Morgan fingerprint density at radius 2 is 1.88 bits per heavy atom. The highest BCUT2D eigenvalue weighted by molar-refractivity contribution is 5.56. The molecule has 2 aromatic carbocycles. The van der Waals surface area contributed by atoms with Crippen LogP contribution in [0.5, 0.6) is 11.5 Å². The van der Waals surface area contributed by atoms with Gasteiger partial charge in [0.05, 0.1) is 18.3 Å². The van der Waals surface area contributed by atoms with Crippen LogP contribution in [0.1, 0.15) is 30.9 Å². The molecule has 4 heteroatoms. The molecule has 0 amide bonds. The normalized spacial score (nSPS) is 17.7. The van der Waals surface area contributed by atoms with Gasteiger partial charge in [0.2, 0.25) is 0 Å². The second-order valence-electron chi connectivity index (χ2n) is 6.97. The van der Waals surface area contributed by atoms with E-state index in [-0.39, 0.29) is 12.2 Å². The Labute approximate surface area is 156 Å². The van der Waals surface area contributed by atoms with Gasteiger partial charge in [-0.1, -0.05) is 30.3 Å². The standard InChI is InChI=1S/C22H29NO3/c1-16-8-6-9-17(2)22(16)26-18(3)14-23-20-11-4-5-12-21(20)25-15-19-10-7-13-24-19/h4-6,8-9,11-12,18-19,23H,7,10,13-15H2,1-3H3. The van der Waals surface area contributed by atoms with Crippen molar-refractivity contribution in [2.45, 2.75) is 45.8 Å². The summed E-state index contributed by atoms with van der Waals surface area (Å²) in [4.78, 5) is 0. The Morgan fingerprint density at radius 1 is 1.12 bits per heavy atom. The van der Waals surface area contributed by atoms with Gasteiger partial charge in [0.25, 0.3) is 0 Å². The van der Waals surface area contributed by atoms with Gasteiger partial charge in [-0.15, -0.1) is 0 Å². The van der Waals surface area contributed by atoms with Crippen molar-refractivity contribution < 1.29 is 14.2 Å². The van der Waals surface area contributed by atoms with E-state index in [1.807, 2.05) is 24.3 Å². The van der Waals surface area contributed by atoms with Crippen LogP contribution >= 0.6 is 0 Å². The minimum atomic E-state index is 0.0426. The van der Waals surface area contributed by atoms with Gasteiger partial charge in [-0.3, -0.25) is 0 Å². The maximum atomic E-state index is 6.16. The summed E-state index contributed by atoms with van der Waals surface area (Å²) in [7, 11) is 0. The molecule has 1 aliphatic heterocycles. The maximum Gasteiger partial charge on any atom is 0.142 e. The lowest BCUT2D eigenvalue weighted by Gasteiger charge is -2.20. The number of ether oxygens (including phenoxy) is 3. The number of benzene rings is 2. The van der Waals surface area contributed by atoms with Crippen LogP contribution in [-0.4, -0.2) is 32.0 Å². The molecule has 0 aliphatic carbocycles. The second-order valence-corrected chi connectivity index (χ2v) is 6.97. The van der Waals surface area contributed by atoms with Crippen molar-refractivity contribution >= 4 is 5.69 Å². The average molecular weight is 355 g/mol. The van der Waals surface area contributed by atoms with Crippen LogP contribution in [-0.2, 0) is 4.74 Å². The van der Waals surface area contributed by atoms with E-state index in [1.54, 1.807) is 0 Å². The molecule has 0 bridgehead atoms. The molecule has 1 heterocycles. The molecular weight excluding hydrogens is 326 g/mol. The van der Waals surface area contributed by atoms with Gasteiger partial charge < -0.3 is 19.5 Å². The van der Waals surface area contributed by atoms with Gasteiger partial charge in [-0.25, -0.2) is 0 Å². The number of para-hydroxylation sites is 3. The third-order valence-corrected chi connectivity index (χ3v) is 4.64. The molecule has 2 atom stereocenters. The summed E-state index contributed by atoms with van der Waals surface area (Å²) in [6.07, 6.45) is 2.47. The van der Waals surface area contributed by atoms with Gasteiger partial charge in [0, 0.05) is 6.61 Å². The van der Waals surface area contributed by atoms with E-state index in [1.165, 1.54) is 0 Å². The zero-order valence-electron chi connectivity index (χ0n) is 16.0. The van der Waals surface area contributed by atoms with Crippen molar-refractivity contribution in [3.05, 3.63) is 53.6 Å². The largest absolute Gasteiger partial charge is 0.489 e. The summed E-state index contributed by atoms with van der Waals surface area (Å²) in [5.41, 5.74) is 3.32. The van der Waals surface area contributed by atoms with Gasteiger partial charge in [0.1, 0.15) is 24.2 Å². The number of aryl methyl sites for hydroxylation is 2. The molecule has 0 aromatic heterocycles. The highest BCUT2D eigenvalue weighted by Gasteiger charge is 2.17. The van der Waals surface area contributed by atoms with E-state index in [0.29, 0.717) is 13.2 Å². The number of hydrogen-bond acceptors (Lipinski definition) is 4. The van der Waals surface area contributed by atoms with Crippen molar-refractivity contribution in [3.63, 3.8) is 0 Å². The minimum absolute atomic E-state index is 0.0426. The molecule has 2 unspecified atom stereocenters. The molecule has 26 heavy (non-hydrogen) atoms. The van der Waals surface area contributed by atoms with E-state index >= 15 is 0 Å². The van der Waals surface area contributed by atoms with Crippen LogP contribution in [0.3, 0.4) is 0 Å². The van der Waals surface area contributed by atoms with E-state index in [4.69, 9.17) is 14.2 Å². The smallest absolute Gasteiger partial charge is 0.142 e. The van der Waals surface area contributed by atoms with Crippen LogP contribution in [0.2, 0.25) is 0 Å². The quantitative estimate of drug-likeness (QED) is 0.742. The van der Waals surface area contributed by atoms with Crippen molar-refractivity contribution in [1.29, 1.82) is 0 Å². The molecule has 3 rings (SSSR count). The maximum absolute atomic E-state index is 6.16. The lowest BCUT2D eigenvalue weighted by Crippen LogP contribution is -2.24. The predicted molar refractivity (Wildman–Crippen MR) is 105 cm³/mol. The van der Waals surface area contributed by atoms with Crippen molar-refractivity contribution in [2.24, 2.45) is 0 Å². The molecule has 0 radical (unpaired) electrons. The first-order valence-corrected chi connectivity index (χ1v) is 9.43. The Balaban J connectivity index is 1.55. The fourth-order valence-electron chi connectivity index (χ4n) is 3.18. The molecule has 4 nitrogen and oxygen atoms in total. The monoisotopic (exact) mass is 355 g/mol. The Hall–Kier alpha value is -2.20. The van der Waals surface area contributed by atoms with Crippen LogP contribution in [0.15, 0.2) is 42.5 Å². The Kier molecular flexibility index (Phi) is 6.40. The van der Waals surface area contributed by atoms with Crippen LogP contribution in [0.25, 0.3) is 0 Å². The zero-order chi connectivity index (χ0) is 18.4.